The molecule has 0 spiro atoms. The lowest BCUT2D eigenvalue weighted by atomic mass is 10.3. The van der Waals surface area contributed by atoms with E-state index >= 15 is 0 Å². The molecule has 6 nitrogen and oxygen atoms in total. The number of hydrogen-bond donors (Lipinski definition) is 1. The van der Waals surface area contributed by atoms with Gasteiger partial charge in [0, 0.05) is 18.2 Å². The molecule has 1 fully saturated rings. The van der Waals surface area contributed by atoms with Gasteiger partial charge in [-0.3, -0.25) is 14.5 Å². The summed E-state index contributed by atoms with van der Waals surface area (Å²) >= 11 is 2.79. The van der Waals surface area contributed by atoms with E-state index in [4.69, 9.17) is 0 Å². The Kier molecular flexibility index (Phi) is 6.26. The van der Waals surface area contributed by atoms with E-state index in [0.29, 0.717) is 22.3 Å². The first-order valence-corrected chi connectivity index (χ1v) is 10.5. The van der Waals surface area contributed by atoms with Crippen LogP contribution in [0.5, 0.6) is 0 Å². The summed E-state index contributed by atoms with van der Waals surface area (Å²) in [6.45, 7) is 3.83. The summed E-state index contributed by atoms with van der Waals surface area (Å²) in [5.74, 6) is 0.0261. The van der Waals surface area contributed by atoms with Gasteiger partial charge in [-0.05, 0) is 31.4 Å². The molecule has 0 saturated heterocycles. The maximum Gasteiger partial charge on any atom is 0.237 e. The summed E-state index contributed by atoms with van der Waals surface area (Å²) in [4.78, 5) is 26.5. The molecular weight excluding hydrogens is 368 g/mol. The molecule has 1 aromatic carbocycles. The second-order valence-corrected chi connectivity index (χ2v) is 8.47. The Hall–Kier alpha value is -1.93. The van der Waals surface area contributed by atoms with Crippen molar-refractivity contribution in [3.8, 4) is 0 Å². The van der Waals surface area contributed by atoms with Crippen LogP contribution in [-0.4, -0.2) is 33.3 Å². The smallest absolute Gasteiger partial charge is 0.237 e. The number of hydrogen-bond acceptors (Lipinski definition) is 6. The van der Waals surface area contributed by atoms with Gasteiger partial charge < -0.3 is 5.32 Å². The lowest BCUT2D eigenvalue weighted by Crippen LogP contribution is -2.32. The van der Waals surface area contributed by atoms with Crippen LogP contribution < -0.4 is 10.2 Å². The molecule has 0 aliphatic heterocycles. The van der Waals surface area contributed by atoms with Crippen molar-refractivity contribution in [1.29, 1.82) is 0 Å². The largest absolute Gasteiger partial charge is 0.325 e. The van der Waals surface area contributed by atoms with Crippen LogP contribution >= 0.6 is 23.1 Å². The maximum atomic E-state index is 12.5. The molecule has 1 unspecified atom stereocenters. The van der Waals surface area contributed by atoms with E-state index in [1.165, 1.54) is 23.1 Å². The van der Waals surface area contributed by atoms with Gasteiger partial charge in [-0.15, -0.1) is 10.2 Å². The van der Waals surface area contributed by atoms with Gasteiger partial charge in [0.1, 0.15) is 0 Å². The second-order valence-electron chi connectivity index (χ2n) is 6.07. The number of carbonyl (C=O) groups excluding carboxylic acids is 2. The third-order valence-corrected chi connectivity index (χ3v) is 6.40. The highest BCUT2D eigenvalue weighted by molar-refractivity contribution is 8.02. The number of anilines is 2. The second kappa shape index (κ2) is 8.64. The number of nitrogens with one attached hydrogen (secondary N) is 1. The molecule has 1 heterocycles. The molecule has 138 valence electrons. The lowest BCUT2D eigenvalue weighted by Gasteiger charge is -2.17. The van der Waals surface area contributed by atoms with Crippen molar-refractivity contribution >= 4 is 45.7 Å². The summed E-state index contributed by atoms with van der Waals surface area (Å²) in [6, 6.07) is 9.67. The maximum absolute atomic E-state index is 12.5. The summed E-state index contributed by atoms with van der Waals surface area (Å²) in [7, 11) is 0. The van der Waals surface area contributed by atoms with Gasteiger partial charge in [-0.25, -0.2) is 0 Å². The third kappa shape index (κ3) is 4.62. The third-order valence-electron chi connectivity index (χ3n) is 4.03. The van der Waals surface area contributed by atoms with Gasteiger partial charge >= 0.3 is 0 Å². The average molecular weight is 391 g/mol. The number of carbonyl (C=O) groups is 2. The van der Waals surface area contributed by atoms with E-state index in [0.717, 1.165) is 18.5 Å². The van der Waals surface area contributed by atoms with Crippen molar-refractivity contribution < 1.29 is 9.59 Å². The Morgan fingerprint density at radius 2 is 2.00 bits per heavy atom. The van der Waals surface area contributed by atoms with Crippen molar-refractivity contribution in [2.75, 3.05) is 10.2 Å². The summed E-state index contributed by atoms with van der Waals surface area (Å²) < 4.78 is 0.713. The van der Waals surface area contributed by atoms with Gasteiger partial charge in [-0.1, -0.05) is 55.1 Å². The van der Waals surface area contributed by atoms with Crippen molar-refractivity contribution in [2.24, 2.45) is 0 Å². The quantitative estimate of drug-likeness (QED) is 0.545. The molecular formula is C18H22N4O2S2. The normalized spacial score (nSPS) is 14.7. The molecule has 1 N–H and O–H groups in total. The molecule has 0 radical (unpaired) electrons. The Labute approximate surface area is 161 Å². The van der Waals surface area contributed by atoms with E-state index in [1.807, 2.05) is 44.2 Å². The highest BCUT2D eigenvalue weighted by atomic mass is 32.2. The zero-order valence-corrected chi connectivity index (χ0v) is 16.5. The summed E-state index contributed by atoms with van der Waals surface area (Å²) in [5.41, 5.74) is 0.781. The molecule has 0 bridgehead atoms. The highest BCUT2D eigenvalue weighted by Crippen LogP contribution is 2.37. The van der Waals surface area contributed by atoms with Gasteiger partial charge in [0.05, 0.1) is 5.25 Å². The van der Waals surface area contributed by atoms with Gasteiger partial charge in [0.2, 0.25) is 16.9 Å². The molecule has 1 saturated carbocycles. The van der Waals surface area contributed by atoms with Crippen molar-refractivity contribution in [2.45, 2.75) is 55.2 Å². The zero-order valence-electron chi connectivity index (χ0n) is 14.8. The minimum absolute atomic E-state index is 0.0517. The van der Waals surface area contributed by atoms with Gasteiger partial charge in [0.25, 0.3) is 0 Å². The molecule has 2 amide bonds. The van der Waals surface area contributed by atoms with Crippen LogP contribution in [0.3, 0.4) is 0 Å². The van der Waals surface area contributed by atoms with Crippen LogP contribution in [0.15, 0.2) is 34.7 Å². The van der Waals surface area contributed by atoms with E-state index in [9.17, 15) is 9.59 Å². The Morgan fingerprint density at radius 1 is 1.27 bits per heavy atom. The lowest BCUT2D eigenvalue weighted by molar-refractivity contribution is -0.118. The van der Waals surface area contributed by atoms with Crippen LogP contribution in [0.25, 0.3) is 0 Å². The highest BCUT2D eigenvalue weighted by Gasteiger charge is 2.35. The SMILES string of the molecule is CCC(=O)N(c1nnc(SC(CC)C(=O)Nc2ccccc2)s1)C1CC1. The average Bonchev–Trinajstić information content (AvgIpc) is 3.38. The molecule has 1 aromatic heterocycles. The first-order chi connectivity index (χ1) is 12.6. The van der Waals surface area contributed by atoms with Crippen LogP contribution in [0.2, 0.25) is 0 Å². The fraction of sp³-hybridized carbons (Fsp3) is 0.444. The van der Waals surface area contributed by atoms with Crippen LogP contribution in [0.1, 0.15) is 39.5 Å². The van der Waals surface area contributed by atoms with Crippen LogP contribution in [0.4, 0.5) is 10.8 Å². The number of aromatic nitrogens is 2. The minimum Gasteiger partial charge on any atom is -0.325 e. The number of rotatable bonds is 8. The number of amides is 2. The molecule has 1 aliphatic carbocycles. The molecule has 1 aliphatic rings. The molecule has 2 aromatic rings. The van der Waals surface area contributed by atoms with Crippen LogP contribution in [-0.2, 0) is 9.59 Å². The number of para-hydroxylation sites is 1. The Bertz CT molecular complexity index is 762. The first-order valence-electron chi connectivity index (χ1n) is 8.80. The molecule has 8 heteroatoms. The molecule has 26 heavy (non-hydrogen) atoms. The monoisotopic (exact) mass is 390 g/mol. The summed E-state index contributed by atoms with van der Waals surface area (Å²) in [5, 5.41) is 11.7. The topological polar surface area (TPSA) is 75.2 Å². The fourth-order valence-corrected chi connectivity index (χ4v) is 4.60. The number of nitrogens with zero attached hydrogens (tertiary/aromatic N) is 3. The molecule has 3 rings (SSSR count). The predicted octanol–water partition coefficient (Wildman–Crippen LogP) is 3.95. The van der Waals surface area contributed by atoms with E-state index in [-0.39, 0.29) is 23.1 Å². The van der Waals surface area contributed by atoms with Gasteiger partial charge in [0.15, 0.2) is 4.34 Å². The first kappa shape index (κ1) is 18.8. The van der Waals surface area contributed by atoms with Crippen molar-refractivity contribution in [1.82, 2.24) is 10.2 Å². The Balaban J connectivity index is 1.66. The fourth-order valence-electron chi connectivity index (χ4n) is 2.51. The van der Waals surface area contributed by atoms with Gasteiger partial charge in [-0.2, -0.15) is 0 Å². The minimum atomic E-state index is -0.257. The predicted molar refractivity (Wildman–Crippen MR) is 106 cm³/mol. The number of thioether (sulfide) groups is 1. The van der Waals surface area contributed by atoms with E-state index in [1.54, 1.807) is 4.90 Å². The van der Waals surface area contributed by atoms with Crippen LogP contribution in [0, 0.1) is 0 Å². The zero-order chi connectivity index (χ0) is 18.5. The Morgan fingerprint density at radius 3 is 2.62 bits per heavy atom. The standard InChI is InChI=1S/C18H22N4O2S2/c1-3-14(16(24)19-12-8-6-5-7-9-12)25-18-21-20-17(26-18)22(13-10-11-13)15(23)4-2/h5-9,13-14H,3-4,10-11H2,1-2H3,(H,19,24). The van der Waals surface area contributed by atoms with Crippen molar-refractivity contribution in [3.63, 3.8) is 0 Å². The molecule has 1 atom stereocenters. The van der Waals surface area contributed by atoms with Crippen molar-refractivity contribution in [3.05, 3.63) is 30.3 Å². The van der Waals surface area contributed by atoms with E-state index < -0.39 is 0 Å². The summed E-state index contributed by atoms with van der Waals surface area (Å²) in [6.07, 6.45) is 3.17. The number of benzene rings is 1. The van der Waals surface area contributed by atoms with E-state index in [2.05, 4.69) is 15.5 Å².